The molecule has 2 aliphatic rings. The molecule has 0 aromatic rings. The summed E-state index contributed by atoms with van der Waals surface area (Å²) in [6, 6.07) is 1.57. The van der Waals surface area contributed by atoms with E-state index in [-0.39, 0.29) is 0 Å². The van der Waals surface area contributed by atoms with Crippen LogP contribution in [0.15, 0.2) is 0 Å². The quantitative estimate of drug-likeness (QED) is 0.744. The molecule has 2 aliphatic heterocycles. The maximum atomic E-state index is 2.77. The van der Waals surface area contributed by atoms with Gasteiger partial charge in [-0.25, -0.2) is 0 Å². The maximum Gasteiger partial charge on any atom is 0.0235 e. The van der Waals surface area contributed by atoms with Crippen molar-refractivity contribution in [2.45, 2.75) is 66.0 Å². The minimum absolute atomic E-state index is 0.506. The van der Waals surface area contributed by atoms with E-state index < -0.39 is 0 Å². The van der Waals surface area contributed by atoms with Crippen LogP contribution in [0.1, 0.15) is 53.9 Å². The SMILES string of the molecule is CC(C)N1CCC(N2CCC(C(C)(C)C)CC2)C1. The van der Waals surface area contributed by atoms with Crippen molar-refractivity contribution in [3.05, 3.63) is 0 Å². The topological polar surface area (TPSA) is 6.48 Å². The van der Waals surface area contributed by atoms with Crippen LogP contribution in [0.5, 0.6) is 0 Å². The molecule has 1 atom stereocenters. The van der Waals surface area contributed by atoms with Crippen LogP contribution in [0.2, 0.25) is 0 Å². The van der Waals surface area contributed by atoms with Gasteiger partial charge in [0.05, 0.1) is 0 Å². The Morgan fingerprint density at radius 2 is 1.56 bits per heavy atom. The highest BCUT2D eigenvalue weighted by Gasteiger charge is 2.34. The van der Waals surface area contributed by atoms with E-state index in [1.807, 2.05) is 0 Å². The summed E-state index contributed by atoms with van der Waals surface area (Å²) >= 11 is 0. The number of hydrogen-bond donors (Lipinski definition) is 0. The molecule has 0 N–H and O–H groups in total. The summed E-state index contributed by atoms with van der Waals surface area (Å²) in [5.74, 6) is 0.927. The Kier molecular flexibility index (Phi) is 4.38. The van der Waals surface area contributed by atoms with Gasteiger partial charge in [-0.3, -0.25) is 9.80 Å². The predicted octanol–water partition coefficient (Wildman–Crippen LogP) is 3.23. The van der Waals surface area contributed by atoms with Crippen LogP contribution in [-0.2, 0) is 0 Å². The zero-order chi connectivity index (χ0) is 13.3. The third-order valence-electron chi connectivity index (χ3n) is 5.20. The van der Waals surface area contributed by atoms with Crippen molar-refractivity contribution < 1.29 is 0 Å². The molecule has 0 bridgehead atoms. The largest absolute Gasteiger partial charge is 0.299 e. The summed E-state index contributed by atoms with van der Waals surface area (Å²) in [5.41, 5.74) is 0.506. The zero-order valence-corrected chi connectivity index (χ0v) is 13.1. The van der Waals surface area contributed by atoms with Gasteiger partial charge in [-0.05, 0) is 57.5 Å². The predicted molar refractivity (Wildman–Crippen MR) is 78.9 cm³/mol. The van der Waals surface area contributed by atoms with Crippen LogP contribution in [-0.4, -0.2) is 48.1 Å². The number of piperidine rings is 1. The number of hydrogen-bond acceptors (Lipinski definition) is 2. The minimum Gasteiger partial charge on any atom is -0.299 e. The normalized spacial score (nSPS) is 29.3. The summed E-state index contributed by atoms with van der Waals surface area (Å²) in [6.07, 6.45) is 4.20. The molecule has 18 heavy (non-hydrogen) atoms. The Morgan fingerprint density at radius 1 is 0.944 bits per heavy atom. The van der Waals surface area contributed by atoms with Crippen LogP contribution in [0.3, 0.4) is 0 Å². The van der Waals surface area contributed by atoms with E-state index in [1.54, 1.807) is 0 Å². The molecule has 2 heterocycles. The number of likely N-dealkylation sites (tertiary alicyclic amines) is 2. The second-order valence-electron chi connectivity index (χ2n) is 7.71. The molecule has 0 spiro atoms. The smallest absolute Gasteiger partial charge is 0.0235 e. The van der Waals surface area contributed by atoms with Crippen molar-refractivity contribution in [3.8, 4) is 0 Å². The molecule has 2 nitrogen and oxygen atoms in total. The second-order valence-corrected chi connectivity index (χ2v) is 7.71. The molecule has 0 radical (unpaired) electrons. The van der Waals surface area contributed by atoms with Gasteiger partial charge in [-0.1, -0.05) is 20.8 Å². The summed E-state index contributed by atoms with van der Waals surface area (Å²) in [7, 11) is 0. The Hall–Kier alpha value is -0.0800. The van der Waals surface area contributed by atoms with E-state index in [4.69, 9.17) is 0 Å². The lowest BCUT2D eigenvalue weighted by Crippen LogP contribution is -2.45. The summed E-state index contributed by atoms with van der Waals surface area (Å²) in [6.45, 7) is 17.1. The number of rotatable bonds is 2. The maximum absolute atomic E-state index is 2.77. The highest BCUT2D eigenvalue weighted by molar-refractivity contribution is 4.89. The van der Waals surface area contributed by atoms with Crippen molar-refractivity contribution in [1.29, 1.82) is 0 Å². The van der Waals surface area contributed by atoms with E-state index in [9.17, 15) is 0 Å². The first-order valence-electron chi connectivity index (χ1n) is 7.86. The monoisotopic (exact) mass is 252 g/mol. The van der Waals surface area contributed by atoms with Crippen LogP contribution in [0, 0.1) is 11.3 Å². The number of nitrogens with zero attached hydrogens (tertiary/aromatic N) is 2. The van der Waals surface area contributed by atoms with Crippen LogP contribution < -0.4 is 0 Å². The van der Waals surface area contributed by atoms with Crippen LogP contribution in [0.4, 0.5) is 0 Å². The van der Waals surface area contributed by atoms with E-state index in [0.29, 0.717) is 5.41 Å². The Balaban J connectivity index is 1.81. The molecule has 0 aromatic carbocycles. The van der Waals surface area contributed by atoms with Gasteiger partial charge in [0.1, 0.15) is 0 Å². The minimum atomic E-state index is 0.506. The molecule has 2 fully saturated rings. The van der Waals surface area contributed by atoms with Crippen LogP contribution >= 0.6 is 0 Å². The van der Waals surface area contributed by atoms with Gasteiger partial charge in [0.15, 0.2) is 0 Å². The van der Waals surface area contributed by atoms with Crippen molar-refractivity contribution in [2.75, 3.05) is 26.2 Å². The van der Waals surface area contributed by atoms with Crippen molar-refractivity contribution >= 4 is 0 Å². The second kappa shape index (κ2) is 5.50. The molecule has 0 aliphatic carbocycles. The van der Waals surface area contributed by atoms with Gasteiger partial charge >= 0.3 is 0 Å². The molecular weight excluding hydrogens is 220 g/mol. The highest BCUT2D eigenvalue weighted by Crippen LogP contribution is 2.35. The molecule has 0 saturated carbocycles. The lowest BCUT2D eigenvalue weighted by molar-refractivity contribution is 0.0829. The lowest BCUT2D eigenvalue weighted by Gasteiger charge is -2.41. The summed E-state index contributed by atoms with van der Waals surface area (Å²) in [4.78, 5) is 5.41. The fourth-order valence-corrected chi connectivity index (χ4v) is 3.67. The van der Waals surface area contributed by atoms with Gasteiger partial charge in [0.2, 0.25) is 0 Å². The Labute approximate surface area is 114 Å². The summed E-state index contributed by atoms with van der Waals surface area (Å²) in [5, 5.41) is 0. The molecule has 2 saturated heterocycles. The first-order chi connectivity index (χ1) is 8.38. The first kappa shape index (κ1) is 14.3. The van der Waals surface area contributed by atoms with E-state index in [1.165, 1.54) is 45.4 Å². The van der Waals surface area contributed by atoms with Gasteiger partial charge in [0, 0.05) is 25.2 Å². The molecule has 2 rings (SSSR count). The molecular formula is C16H32N2. The van der Waals surface area contributed by atoms with Crippen molar-refractivity contribution in [2.24, 2.45) is 11.3 Å². The summed E-state index contributed by atoms with van der Waals surface area (Å²) < 4.78 is 0. The van der Waals surface area contributed by atoms with Gasteiger partial charge in [-0.2, -0.15) is 0 Å². The van der Waals surface area contributed by atoms with E-state index >= 15 is 0 Å². The third-order valence-corrected chi connectivity index (χ3v) is 5.20. The Morgan fingerprint density at radius 3 is 2.00 bits per heavy atom. The van der Waals surface area contributed by atoms with Gasteiger partial charge < -0.3 is 0 Å². The molecule has 0 amide bonds. The van der Waals surface area contributed by atoms with Gasteiger partial charge in [0.25, 0.3) is 0 Å². The molecule has 1 unspecified atom stereocenters. The first-order valence-corrected chi connectivity index (χ1v) is 7.86. The lowest BCUT2D eigenvalue weighted by atomic mass is 9.75. The van der Waals surface area contributed by atoms with Crippen LogP contribution in [0.25, 0.3) is 0 Å². The van der Waals surface area contributed by atoms with Crippen molar-refractivity contribution in [3.63, 3.8) is 0 Å². The molecule has 0 aromatic heterocycles. The van der Waals surface area contributed by atoms with Gasteiger partial charge in [-0.15, -0.1) is 0 Å². The molecule has 2 heteroatoms. The Bertz CT molecular complexity index is 259. The average molecular weight is 252 g/mol. The zero-order valence-electron chi connectivity index (χ0n) is 13.1. The van der Waals surface area contributed by atoms with E-state index in [0.717, 1.165) is 18.0 Å². The van der Waals surface area contributed by atoms with E-state index in [2.05, 4.69) is 44.4 Å². The molecule has 106 valence electrons. The van der Waals surface area contributed by atoms with Crippen molar-refractivity contribution in [1.82, 2.24) is 9.80 Å². The third kappa shape index (κ3) is 3.27. The fourth-order valence-electron chi connectivity index (χ4n) is 3.67. The standard InChI is InChI=1S/C16H32N2/c1-13(2)18-11-8-15(12-18)17-9-6-14(7-10-17)16(3,4)5/h13-15H,6-12H2,1-5H3. The fraction of sp³-hybridized carbons (Fsp3) is 1.00. The highest BCUT2D eigenvalue weighted by atomic mass is 15.3. The average Bonchev–Trinajstić information content (AvgIpc) is 2.77.